The predicted octanol–water partition coefficient (Wildman–Crippen LogP) is 9.36. The number of nitrogen functional groups attached to an aromatic ring is 1. The molecule has 0 bridgehead atoms. The molecule has 0 fully saturated rings. The van der Waals surface area contributed by atoms with Crippen molar-refractivity contribution in [2.45, 2.75) is 70.1 Å². The molecule has 3 aromatic rings. The molecule has 0 radical (unpaired) electrons. The summed E-state index contributed by atoms with van der Waals surface area (Å²) in [5, 5.41) is 0. The highest BCUT2D eigenvalue weighted by Gasteiger charge is 2.21. The molecular weight excluding hydrogens is 444 g/mol. The fourth-order valence-corrected chi connectivity index (χ4v) is 5.18. The van der Waals surface area contributed by atoms with E-state index in [2.05, 4.69) is 119 Å². The number of hydrogen-bond donors (Lipinski definition) is 1. The van der Waals surface area contributed by atoms with Crippen LogP contribution in [0.1, 0.15) is 65.5 Å². The minimum Gasteiger partial charge on any atom is -0.399 e. The van der Waals surface area contributed by atoms with Crippen molar-refractivity contribution in [3.8, 4) is 0 Å². The molecular formula is C32H38N2S. The van der Waals surface area contributed by atoms with Gasteiger partial charge in [0, 0.05) is 27.7 Å². The second-order valence-corrected chi connectivity index (χ2v) is 12.6. The Morgan fingerprint density at radius 3 is 1.51 bits per heavy atom. The van der Waals surface area contributed by atoms with Gasteiger partial charge in [-0.1, -0.05) is 83.6 Å². The third-order valence-corrected chi connectivity index (χ3v) is 7.60. The van der Waals surface area contributed by atoms with Crippen LogP contribution in [0, 0.1) is 0 Å². The van der Waals surface area contributed by atoms with Gasteiger partial charge in [-0.25, -0.2) is 0 Å². The van der Waals surface area contributed by atoms with Crippen molar-refractivity contribution in [3.05, 3.63) is 107 Å². The van der Waals surface area contributed by atoms with Crippen LogP contribution >= 0.6 is 11.8 Å². The highest BCUT2D eigenvalue weighted by Crippen LogP contribution is 2.39. The minimum absolute atomic E-state index is 0.138. The maximum atomic E-state index is 5.85. The van der Waals surface area contributed by atoms with Crippen molar-refractivity contribution >= 4 is 28.8 Å². The Hall–Kier alpha value is -2.91. The van der Waals surface area contributed by atoms with Crippen molar-refractivity contribution in [1.29, 1.82) is 0 Å². The molecule has 0 amide bonds. The first-order chi connectivity index (χ1) is 16.5. The Labute approximate surface area is 215 Å². The fourth-order valence-electron chi connectivity index (χ4n) is 4.27. The lowest BCUT2D eigenvalue weighted by atomic mass is 9.86. The molecule has 0 atom stereocenters. The molecule has 2 N–H and O–H groups in total. The molecule has 182 valence electrons. The first kappa shape index (κ1) is 25.2. The number of hydrogen-bond acceptors (Lipinski definition) is 3. The molecule has 0 aromatic heterocycles. The van der Waals surface area contributed by atoms with Gasteiger partial charge >= 0.3 is 0 Å². The molecule has 1 aliphatic carbocycles. The van der Waals surface area contributed by atoms with Crippen LogP contribution in [0.25, 0.3) is 0 Å². The lowest BCUT2D eigenvalue weighted by Gasteiger charge is -2.31. The van der Waals surface area contributed by atoms with E-state index in [1.165, 1.54) is 38.0 Å². The van der Waals surface area contributed by atoms with Crippen LogP contribution in [-0.2, 0) is 10.8 Å². The first-order valence-electron chi connectivity index (χ1n) is 12.4. The van der Waals surface area contributed by atoms with Crippen LogP contribution in [0.5, 0.6) is 0 Å². The Morgan fingerprint density at radius 1 is 0.629 bits per heavy atom. The second-order valence-electron chi connectivity index (χ2n) is 11.4. The predicted molar refractivity (Wildman–Crippen MR) is 155 cm³/mol. The molecule has 0 unspecified atom stereocenters. The monoisotopic (exact) mass is 482 g/mol. The van der Waals surface area contributed by atoms with Crippen LogP contribution in [0.3, 0.4) is 0 Å². The van der Waals surface area contributed by atoms with Gasteiger partial charge in [0.05, 0.1) is 0 Å². The summed E-state index contributed by atoms with van der Waals surface area (Å²) in [6, 6.07) is 26.3. The van der Waals surface area contributed by atoms with Gasteiger partial charge in [0.2, 0.25) is 0 Å². The number of allylic oxidation sites excluding steroid dienone is 4. The summed E-state index contributed by atoms with van der Waals surface area (Å²) in [7, 11) is 0. The summed E-state index contributed by atoms with van der Waals surface area (Å²) < 4.78 is 0. The van der Waals surface area contributed by atoms with Gasteiger partial charge < -0.3 is 10.6 Å². The summed E-state index contributed by atoms with van der Waals surface area (Å²) in [5.41, 5.74) is 13.4. The standard InChI is InChI=1S/C32H38N2S/c1-31(2,3)23-7-13-26(14-8-23)34(27-15-9-24(10-16-27)32(4,5)6)28-17-21-30(22-18-28)35-29-19-11-25(33)12-20-29/h7-17,19-21H,18,22,33H2,1-6H3. The van der Waals surface area contributed by atoms with Gasteiger partial charge in [-0.2, -0.15) is 0 Å². The lowest BCUT2D eigenvalue weighted by molar-refractivity contribution is 0.590. The third kappa shape index (κ3) is 6.21. The summed E-state index contributed by atoms with van der Waals surface area (Å²) in [4.78, 5) is 5.03. The zero-order valence-electron chi connectivity index (χ0n) is 21.9. The summed E-state index contributed by atoms with van der Waals surface area (Å²) in [5.74, 6) is 0. The van der Waals surface area contributed by atoms with E-state index in [1.807, 2.05) is 23.9 Å². The van der Waals surface area contributed by atoms with Crippen molar-refractivity contribution in [3.63, 3.8) is 0 Å². The zero-order chi connectivity index (χ0) is 25.2. The summed E-state index contributed by atoms with van der Waals surface area (Å²) in [6.45, 7) is 13.6. The van der Waals surface area contributed by atoms with Gasteiger partial charge in [0.15, 0.2) is 0 Å². The molecule has 0 saturated carbocycles. The van der Waals surface area contributed by atoms with E-state index in [0.29, 0.717) is 0 Å². The molecule has 4 rings (SSSR count). The average Bonchev–Trinajstić information content (AvgIpc) is 2.81. The largest absolute Gasteiger partial charge is 0.399 e. The summed E-state index contributed by atoms with van der Waals surface area (Å²) in [6.07, 6.45) is 6.59. The molecule has 0 spiro atoms. The first-order valence-corrected chi connectivity index (χ1v) is 13.3. The molecule has 2 nitrogen and oxygen atoms in total. The van der Waals surface area contributed by atoms with Gasteiger partial charge in [0.1, 0.15) is 0 Å². The molecule has 0 saturated heterocycles. The van der Waals surface area contributed by atoms with Crippen molar-refractivity contribution in [1.82, 2.24) is 0 Å². The van der Waals surface area contributed by atoms with Crippen LogP contribution in [0.15, 0.2) is 100 Å². The highest BCUT2D eigenvalue weighted by molar-refractivity contribution is 8.03. The number of rotatable bonds is 5. The molecule has 0 aliphatic heterocycles. The zero-order valence-corrected chi connectivity index (χ0v) is 22.7. The maximum absolute atomic E-state index is 5.85. The van der Waals surface area contributed by atoms with E-state index in [1.54, 1.807) is 0 Å². The molecule has 3 aromatic carbocycles. The maximum Gasteiger partial charge on any atom is 0.0458 e. The Kier molecular flexibility index (Phi) is 7.19. The Morgan fingerprint density at radius 2 is 1.11 bits per heavy atom. The number of nitrogens with two attached hydrogens (primary N) is 1. The van der Waals surface area contributed by atoms with E-state index < -0.39 is 0 Å². The highest BCUT2D eigenvalue weighted by atomic mass is 32.2. The number of anilines is 3. The van der Waals surface area contributed by atoms with Gasteiger partial charge in [-0.3, -0.25) is 0 Å². The summed E-state index contributed by atoms with van der Waals surface area (Å²) >= 11 is 1.83. The van der Waals surface area contributed by atoms with Crippen molar-refractivity contribution < 1.29 is 0 Å². The average molecular weight is 483 g/mol. The van der Waals surface area contributed by atoms with E-state index in [0.717, 1.165) is 18.5 Å². The van der Waals surface area contributed by atoms with E-state index >= 15 is 0 Å². The smallest absolute Gasteiger partial charge is 0.0458 e. The third-order valence-electron chi connectivity index (χ3n) is 6.49. The van der Waals surface area contributed by atoms with Crippen LogP contribution < -0.4 is 10.6 Å². The van der Waals surface area contributed by atoms with Gasteiger partial charge in [0.25, 0.3) is 0 Å². The molecule has 35 heavy (non-hydrogen) atoms. The Balaban J connectivity index is 1.67. The number of thioether (sulfide) groups is 1. The molecule has 0 heterocycles. The number of nitrogens with zero attached hydrogens (tertiary/aromatic N) is 1. The van der Waals surface area contributed by atoms with Crippen LogP contribution in [-0.4, -0.2) is 0 Å². The second kappa shape index (κ2) is 9.99. The SMILES string of the molecule is CC(C)(C)c1ccc(N(C2=CC=C(Sc3ccc(N)cc3)CC2)c2ccc(C(C)(C)C)cc2)cc1. The topological polar surface area (TPSA) is 29.3 Å². The van der Waals surface area contributed by atoms with Crippen LogP contribution in [0.4, 0.5) is 17.1 Å². The van der Waals surface area contributed by atoms with E-state index in [-0.39, 0.29) is 10.8 Å². The van der Waals surface area contributed by atoms with Crippen molar-refractivity contribution in [2.75, 3.05) is 10.6 Å². The minimum atomic E-state index is 0.138. The van der Waals surface area contributed by atoms with Gasteiger partial charge in [-0.05, 0) is 94.3 Å². The molecule has 1 aliphatic rings. The van der Waals surface area contributed by atoms with E-state index in [4.69, 9.17) is 5.73 Å². The number of benzene rings is 3. The molecule has 3 heteroatoms. The van der Waals surface area contributed by atoms with Gasteiger partial charge in [-0.15, -0.1) is 0 Å². The lowest BCUT2D eigenvalue weighted by Crippen LogP contribution is -2.19. The van der Waals surface area contributed by atoms with Crippen molar-refractivity contribution in [2.24, 2.45) is 0 Å². The normalized spacial score (nSPS) is 14.3. The quantitative estimate of drug-likeness (QED) is 0.367. The fraction of sp³-hybridized carbons (Fsp3) is 0.312. The Bertz CT molecular complexity index is 1150. The van der Waals surface area contributed by atoms with E-state index in [9.17, 15) is 0 Å². The van der Waals surface area contributed by atoms with Crippen LogP contribution in [0.2, 0.25) is 0 Å².